The summed E-state index contributed by atoms with van der Waals surface area (Å²) in [5, 5.41) is 1.70. The molecule has 3 aromatic carbocycles. The third-order valence-electron chi connectivity index (χ3n) is 7.76. The summed E-state index contributed by atoms with van der Waals surface area (Å²) in [6.07, 6.45) is 14.4. The van der Waals surface area contributed by atoms with E-state index in [1.165, 1.54) is 86.5 Å². The van der Waals surface area contributed by atoms with E-state index >= 15 is 0 Å². The molecule has 0 amide bonds. The summed E-state index contributed by atoms with van der Waals surface area (Å²) >= 11 is 0. The number of aryl methyl sites for hydroxylation is 1. The molecular weight excluding hydrogens is 403 g/mol. The smallest absolute Gasteiger partial charge is 0.00255 e. The highest BCUT2D eigenvalue weighted by molar-refractivity contribution is 7.67. The number of hydrogen-bond donors (Lipinski definition) is 0. The molecule has 3 aromatic rings. The summed E-state index contributed by atoms with van der Waals surface area (Å²) < 4.78 is 0. The van der Waals surface area contributed by atoms with E-state index in [1.807, 2.05) is 0 Å². The molecule has 0 spiro atoms. The second kappa shape index (κ2) is 10.4. The average molecular weight is 441 g/mol. The van der Waals surface area contributed by atoms with Crippen LogP contribution in [0.4, 0.5) is 0 Å². The van der Waals surface area contributed by atoms with Crippen molar-refractivity contribution >= 4 is 13.2 Å². The van der Waals surface area contributed by atoms with Gasteiger partial charge in [0.1, 0.15) is 0 Å². The lowest BCUT2D eigenvalue weighted by molar-refractivity contribution is 0.487. The minimum atomic E-state index is -0.155. The summed E-state index contributed by atoms with van der Waals surface area (Å²) in [6, 6.07) is 27.5. The lowest BCUT2D eigenvalue weighted by Gasteiger charge is -2.40. The molecule has 0 atom stereocenters. The Bertz CT molecular complexity index is 992. The molecule has 0 N–H and O–H groups in total. The van der Waals surface area contributed by atoms with Gasteiger partial charge in [-0.3, -0.25) is 0 Å². The van der Waals surface area contributed by atoms with Crippen molar-refractivity contribution in [2.45, 2.75) is 82.4 Å². The highest BCUT2D eigenvalue weighted by atomic mass is 31.1. The van der Waals surface area contributed by atoms with Crippen LogP contribution in [0.15, 0.2) is 72.8 Å². The first-order chi connectivity index (χ1) is 15.8. The molecule has 0 nitrogen and oxygen atoms in total. The molecule has 2 aliphatic rings. The highest BCUT2D eigenvalue weighted by Gasteiger charge is 2.34. The molecule has 2 aliphatic carbocycles. The minimum Gasteiger partial charge on any atom is -0.0683 e. The van der Waals surface area contributed by atoms with Gasteiger partial charge < -0.3 is 0 Å². The first-order valence-electron chi connectivity index (χ1n) is 12.9. The van der Waals surface area contributed by atoms with Crippen molar-refractivity contribution in [3.63, 3.8) is 0 Å². The number of rotatable bonds is 5. The van der Waals surface area contributed by atoms with Crippen molar-refractivity contribution in [1.82, 2.24) is 0 Å². The Labute approximate surface area is 196 Å². The zero-order chi connectivity index (χ0) is 21.8. The molecule has 166 valence electrons. The Morgan fingerprint density at radius 3 is 1.75 bits per heavy atom. The summed E-state index contributed by atoms with van der Waals surface area (Å²) in [6.45, 7) is 2.30. The molecule has 0 radical (unpaired) electrons. The van der Waals surface area contributed by atoms with Crippen molar-refractivity contribution in [3.05, 3.63) is 78.4 Å². The van der Waals surface area contributed by atoms with Gasteiger partial charge in [0, 0.05) is 0 Å². The molecule has 0 heterocycles. The molecule has 5 rings (SSSR count). The van der Waals surface area contributed by atoms with Crippen molar-refractivity contribution < 1.29 is 0 Å². The van der Waals surface area contributed by atoms with Gasteiger partial charge in [0.15, 0.2) is 0 Å². The van der Waals surface area contributed by atoms with Gasteiger partial charge in [-0.25, -0.2) is 0 Å². The predicted octanol–water partition coefficient (Wildman–Crippen LogP) is 9.10. The Kier molecular flexibility index (Phi) is 7.09. The van der Waals surface area contributed by atoms with Gasteiger partial charge >= 0.3 is 0 Å². The Morgan fingerprint density at radius 2 is 1.12 bits per heavy atom. The summed E-state index contributed by atoms with van der Waals surface area (Å²) in [4.78, 5) is 0. The lowest BCUT2D eigenvalue weighted by Crippen LogP contribution is -2.27. The predicted molar refractivity (Wildman–Crippen MR) is 142 cm³/mol. The fraction of sp³-hybridized carbons (Fsp3) is 0.419. The molecule has 32 heavy (non-hydrogen) atoms. The number of hydrogen-bond acceptors (Lipinski definition) is 0. The van der Waals surface area contributed by atoms with Crippen molar-refractivity contribution in [3.8, 4) is 22.3 Å². The zero-order valence-electron chi connectivity index (χ0n) is 19.6. The van der Waals surface area contributed by atoms with Crippen LogP contribution in [0.1, 0.15) is 69.8 Å². The van der Waals surface area contributed by atoms with E-state index in [-0.39, 0.29) is 7.92 Å². The van der Waals surface area contributed by atoms with Crippen LogP contribution in [-0.4, -0.2) is 11.3 Å². The first-order valence-corrected chi connectivity index (χ1v) is 14.3. The lowest BCUT2D eigenvalue weighted by atomic mass is 9.92. The molecule has 1 heteroatoms. The van der Waals surface area contributed by atoms with Crippen molar-refractivity contribution in [2.75, 3.05) is 0 Å². The van der Waals surface area contributed by atoms with E-state index in [9.17, 15) is 0 Å². The van der Waals surface area contributed by atoms with Gasteiger partial charge in [0.05, 0.1) is 0 Å². The molecule has 0 saturated heterocycles. The van der Waals surface area contributed by atoms with Crippen LogP contribution in [-0.2, 0) is 0 Å². The molecule has 0 bridgehead atoms. The van der Waals surface area contributed by atoms with Crippen LogP contribution in [0.5, 0.6) is 0 Å². The second-order valence-electron chi connectivity index (χ2n) is 9.87. The van der Waals surface area contributed by atoms with Crippen LogP contribution in [0, 0.1) is 6.92 Å². The van der Waals surface area contributed by atoms with Crippen LogP contribution in [0.25, 0.3) is 22.3 Å². The van der Waals surface area contributed by atoms with Crippen LogP contribution in [0.3, 0.4) is 0 Å². The van der Waals surface area contributed by atoms with E-state index in [0.717, 1.165) is 11.3 Å². The van der Waals surface area contributed by atoms with Gasteiger partial charge in [-0.2, -0.15) is 0 Å². The van der Waals surface area contributed by atoms with Crippen molar-refractivity contribution in [2.24, 2.45) is 0 Å². The van der Waals surface area contributed by atoms with Gasteiger partial charge in [-0.05, 0) is 77.0 Å². The number of benzene rings is 3. The van der Waals surface area contributed by atoms with E-state index in [1.54, 1.807) is 10.9 Å². The van der Waals surface area contributed by atoms with Crippen LogP contribution in [0.2, 0.25) is 0 Å². The van der Waals surface area contributed by atoms with E-state index in [2.05, 4.69) is 79.7 Å². The molecule has 0 unspecified atom stereocenters. The summed E-state index contributed by atoms with van der Waals surface area (Å²) in [7, 11) is -0.155. The average Bonchev–Trinajstić information content (AvgIpc) is 2.86. The van der Waals surface area contributed by atoms with Gasteiger partial charge in [0.25, 0.3) is 0 Å². The van der Waals surface area contributed by atoms with Crippen LogP contribution >= 0.6 is 7.92 Å². The minimum absolute atomic E-state index is 0.155. The quantitative estimate of drug-likeness (QED) is 0.347. The Balaban J connectivity index is 1.71. The molecule has 2 saturated carbocycles. The summed E-state index contributed by atoms with van der Waals surface area (Å²) in [5.41, 5.74) is 9.00. The van der Waals surface area contributed by atoms with E-state index in [4.69, 9.17) is 0 Å². The topological polar surface area (TPSA) is 0 Å². The van der Waals surface area contributed by atoms with Gasteiger partial charge in [-0.1, -0.05) is 119 Å². The molecule has 0 aromatic heterocycles. The SMILES string of the molecule is Cc1ccccc1-c1c(-c2ccccc2)cccc1P(C1CCCCC1)C1CCCCC1. The van der Waals surface area contributed by atoms with Gasteiger partial charge in [-0.15, -0.1) is 0 Å². The van der Waals surface area contributed by atoms with E-state index in [0.29, 0.717) is 0 Å². The second-order valence-corrected chi connectivity index (χ2v) is 12.6. The third kappa shape index (κ3) is 4.58. The van der Waals surface area contributed by atoms with Crippen LogP contribution < -0.4 is 5.30 Å². The molecule has 0 aliphatic heterocycles. The molecule has 2 fully saturated rings. The molecular formula is C31H37P. The van der Waals surface area contributed by atoms with E-state index < -0.39 is 0 Å². The fourth-order valence-corrected chi connectivity index (χ4v) is 10.1. The van der Waals surface area contributed by atoms with Gasteiger partial charge in [0.2, 0.25) is 0 Å². The highest BCUT2D eigenvalue weighted by Crippen LogP contribution is 2.57. The fourth-order valence-electron chi connectivity index (χ4n) is 6.16. The normalized spacial score (nSPS) is 18.2. The first kappa shape index (κ1) is 21.9. The third-order valence-corrected chi connectivity index (χ3v) is 11.3. The van der Waals surface area contributed by atoms with Crippen molar-refractivity contribution in [1.29, 1.82) is 0 Å². The Morgan fingerprint density at radius 1 is 0.562 bits per heavy atom. The standard InChI is InChI=1S/C31H37P/c1-24-14-11-12-21-28(24)31-29(25-15-5-2-6-16-25)22-13-23-30(31)32(26-17-7-3-8-18-26)27-19-9-4-10-20-27/h2,5-6,11-16,21-23,26-27H,3-4,7-10,17-20H2,1H3. The maximum Gasteiger partial charge on any atom is -0.00255 e. The monoisotopic (exact) mass is 440 g/mol. The maximum absolute atomic E-state index is 2.53. The Hall–Kier alpha value is -1.91. The zero-order valence-corrected chi connectivity index (χ0v) is 20.5. The maximum atomic E-state index is 2.53. The largest absolute Gasteiger partial charge is 0.0683 e. The summed E-state index contributed by atoms with van der Waals surface area (Å²) in [5.74, 6) is 0.